The minimum Gasteiger partial charge on any atom is -0.380 e. The fourth-order valence-corrected chi connectivity index (χ4v) is 2.21. The molecule has 0 saturated heterocycles. The first kappa shape index (κ1) is 14.7. The number of rotatable bonds is 3. The molecule has 0 atom stereocenters. The third kappa shape index (κ3) is 4.85. The number of halogens is 1. The van der Waals surface area contributed by atoms with Crippen LogP contribution in [-0.4, -0.2) is 6.54 Å². The number of nitrogens with two attached hydrogens (primary N) is 1. The van der Waals surface area contributed by atoms with Gasteiger partial charge in [-0.25, -0.2) is 4.39 Å². The van der Waals surface area contributed by atoms with E-state index in [1.165, 1.54) is 22.6 Å². The summed E-state index contributed by atoms with van der Waals surface area (Å²) >= 11 is 1.72. The average molecular weight is 266 g/mol. The van der Waals surface area contributed by atoms with Crippen molar-refractivity contribution in [1.82, 2.24) is 0 Å². The Hall–Kier alpha value is -1.39. The van der Waals surface area contributed by atoms with Gasteiger partial charge < -0.3 is 11.1 Å². The summed E-state index contributed by atoms with van der Waals surface area (Å²) in [5.74, 6) is -0.206. The van der Waals surface area contributed by atoms with Crippen LogP contribution in [0.15, 0.2) is 35.7 Å². The van der Waals surface area contributed by atoms with Crippen LogP contribution in [0.4, 0.5) is 10.1 Å². The van der Waals surface area contributed by atoms with Crippen molar-refractivity contribution in [3.05, 3.63) is 52.0 Å². The van der Waals surface area contributed by atoms with Gasteiger partial charge in [0.25, 0.3) is 0 Å². The Morgan fingerprint density at radius 1 is 1.33 bits per heavy atom. The van der Waals surface area contributed by atoms with E-state index in [4.69, 9.17) is 5.73 Å². The normalized spacial score (nSPS) is 9.56. The van der Waals surface area contributed by atoms with Crippen molar-refractivity contribution < 1.29 is 4.39 Å². The molecule has 1 heterocycles. The van der Waals surface area contributed by atoms with E-state index in [1.807, 2.05) is 13.0 Å². The van der Waals surface area contributed by atoms with Gasteiger partial charge in [-0.3, -0.25) is 0 Å². The third-order valence-electron chi connectivity index (χ3n) is 2.25. The zero-order valence-electron chi connectivity index (χ0n) is 10.7. The predicted molar refractivity (Wildman–Crippen MR) is 77.5 cm³/mol. The van der Waals surface area contributed by atoms with Crippen LogP contribution in [0.25, 0.3) is 0 Å². The molecule has 2 rings (SSSR count). The second-order valence-electron chi connectivity index (χ2n) is 3.80. The van der Waals surface area contributed by atoms with Crippen molar-refractivity contribution in [2.24, 2.45) is 5.73 Å². The van der Waals surface area contributed by atoms with Crippen molar-refractivity contribution >= 4 is 17.0 Å². The fraction of sp³-hybridized carbons (Fsp3) is 0.286. The highest BCUT2D eigenvalue weighted by Gasteiger charge is 1.99. The lowest BCUT2D eigenvalue weighted by Crippen LogP contribution is -1.98. The van der Waals surface area contributed by atoms with Crippen molar-refractivity contribution in [2.45, 2.75) is 20.4 Å². The SMILES string of the molecule is CCN.Cc1ccsc1CNc1cccc(F)c1. The summed E-state index contributed by atoms with van der Waals surface area (Å²) in [5, 5.41) is 5.27. The molecule has 0 radical (unpaired) electrons. The van der Waals surface area contributed by atoms with Crippen LogP contribution in [0.3, 0.4) is 0 Å². The summed E-state index contributed by atoms with van der Waals surface area (Å²) in [6, 6.07) is 8.61. The van der Waals surface area contributed by atoms with Gasteiger partial charge in [-0.05, 0) is 48.7 Å². The zero-order valence-corrected chi connectivity index (χ0v) is 11.6. The van der Waals surface area contributed by atoms with E-state index in [1.54, 1.807) is 17.4 Å². The lowest BCUT2D eigenvalue weighted by molar-refractivity contribution is 0.628. The molecule has 4 heteroatoms. The summed E-state index contributed by atoms with van der Waals surface area (Å²) < 4.78 is 12.9. The van der Waals surface area contributed by atoms with E-state index >= 15 is 0 Å². The monoisotopic (exact) mass is 266 g/mol. The predicted octanol–water partition coefficient (Wildman–Crippen LogP) is 3.77. The Bertz CT molecular complexity index is 468. The van der Waals surface area contributed by atoms with Crippen molar-refractivity contribution in [2.75, 3.05) is 11.9 Å². The first-order valence-corrected chi connectivity index (χ1v) is 6.77. The number of benzene rings is 1. The highest BCUT2D eigenvalue weighted by Crippen LogP contribution is 2.17. The molecular formula is C14H19FN2S. The van der Waals surface area contributed by atoms with Gasteiger partial charge in [0.05, 0.1) is 0 Å². The molecule has 3 N–H and O–H groups in total. The Labute approximate surface area is 112 Å². The van der Waals surface area contributed by atoms with Crippen molar-refractivity contribution in [3.8, 4) is 0 Å². The topological polar surface area (TPSA) is 38.0 Å². The molecule has 1 aromatic heterocycles. The largest absolute Gasteiger partial charge is 0.380 e. The van der Waals surface area contributed by atoms with Crippen LogP contribution in [0.1, 0.15) is 17.4 Å². The van der Waals surface area contributed by atoms with E-state index < -0.39 is 0 Å². The second kappa shape index (κ2) is 7.84. The van der Waals surface area contributed by atoms with Gasteiger partial charge in [0.2, 0.25) is 0 Å². The van der Waals surface area contributed by atoms with Crippen LogP contribution in [0, 0.1) is 12.7 Å². The van der Waals surface area contributed by atoms with E-state index in [0.717, 1.165) is 18.8 Å². The molecule has 0 unspecified atom stereocenters. The van der Waals surface area contributed by atoms with Crippen LogP contribution >= 0.6 is 11.3 Å². The molecule has 1 aromatic carbocycles. The van der Waals surface area contributed by atoms with E-state index in [0.29, 0.717) is 0 Å². The smallest absolute Gasteiger partial charge is 0.125 e. The molecule has 98 valence electrons. The second-order valence-corrected chi connectivity index (χ2v) is 4.80. The number of hydrogen-bond donors (Lipinski definition) is 2. The molecule has 0 saturated carbocycles. The molecule has 0 spiro atoms. The molecule has 0 aliphatic rings. The quantitative estimate of drug-likeness (QED) is 0.887. The molecule has 0 aliphatic carbocycles. The van der Waals surface area contributed by atoms with Gasteiger partial charge in [-0.2, -0.15) is 0 Å². The number of nitrogens with one attached hydrogen (secondary N) is 1. The first-order chi connectivity index (χ1) is 8.67. The Morgan fingerprint density at radius 2 is 2.06 bits per heavy atom. The molecular weight excluding hydrogens is 247 g/mol. The number of thiophene rings is 1. The van der Waals surface area contributed by atoms with Crippen LogP contribution in [0.2, 0.25) is 0 Å². The highest BCUT2D eigenvalue weighted by molar-refractivity contribution is 7.10. The lowest BCUT2D eigenvalue weighted by atomic mass is 10.2. The van der Waals surface area contributed by atoms with Crippen LogP contribution < -0.4 is 11.1 Å². The van der Waals surface area contributed by atoms with E-state index in [2.05, 4.69) is 23.7 Å². The standard InChI is InChI=1S/C12H12FNS.C2H7N/c1-9-5-6-15-12(9)8-14-11-4-2-3-10(13)7-11;1-2-3/h2-7,14H,8H2,1H3;2-3H2,1H3. The van der Waals surface area contributed by atoms with Gasteiger partial charge in [0, 0.05) is 17.1 Å². The number of anilines is 1. The van der Waals surface area contributed by atoms with Gasteiger partial charge in [-0.1, -0.05) is 13.0 Å². The van der Waals surface area contributed by atoms with Crippen LogP contribution in [-0.2, 0) is 6.54 Å². The van der Waals surface area contributed by atoms with Crippen molar-refractivity contribution in [3.63, 3.8) is 0 Å². The minimum atomic E-state index is -0.206. The lowest BCUT2D eigenvalue weighted by Gasteiger charge is -2.05. The van der Waals surface area contributed by atoms with Gasteiger partial charge in [0.15, 0.2) is 0 Å². The number of aryl methyl sites for hydroxylation is 1. The van der Waals surface area contributed by atoms with Gasteiger partial charge in [-0.15, -0.1) is 11.3 Å². The maximum Gasteiger partial charge on any atom is 0.125 e. The molecule has 0 bridgehead atoms. The molecule has 2 aromatic rings. The maximum atomic E-state index is 12.9. The zero-order chi connectivity index (χ0) is 13.4. The summed E-state index contributed by atoms with van der Waals surface area (Å²) in [4.78, 5) is 1.29. The average Bonchev–Trinajstić information content (AvgIpc) is 2.73. The summed E-state index contributed by atoms with van der Waals surface area (Å²) in [6.07, 6.45) is 0. The highest BCUT2D eigenvalue weighted by atomic mass is 32.1. The minimum absolute atomic E-state index is 0.206. The Kier molecular flexibility index (Phi) is 6.39. The molecule has 0 aliphatic heterocycles. The van der Waals surface area contributed by atoms with Crippen molar-refractivity contribution in [1.29, 1.82) is 0 Å². The van der Waals surface area contributed by atoms with E-state index in [-0.39, 0.29) is 5.82 Å². The van der Waals surface area contributed by atoms with E-state index in [9.17, 15) is 4.39 Å². The molecule has 0 amide bonds. The Balaban J connectivity index is 0.000000492. The van der Waals surface area contributed by atoms with Gasteiger partial charge >= 0.3 is 0 Å². The fourth-order valence-electron chi connectivity index (χ4n) is 1.37. The Morgan fingerprint density at radius 3 is 2.61 bits per heavy atom. The summed E-state index contributed by atoms with van der Waals surface area (Å²) in [6.45, 7) is 5.49. The summed E-state index contributed by atoms with van der Waals surface area (Å²) in [5.41, 5.74) is 6.95. The molecule has 0 fully saturated rings. The summed E-state index contributed by atoms with van der Waals surface area (Å²) in [7, 11) is 0. The number of hydrogen-bond acceptors (Lipinski definition) is 3. The first-order valence-electron chi connectivity index (χ1n) is 5.89. The molecule has 18 heavy (non-hydrogen) atoms. The van der Waals surface area contributed by atoms with Gasteiger partial charge in [0.1, 0.15) is 5.82 Å². The third-order valence-corrected chi connectivity index (χ3v) is 3.27. The maximum absolute atomic E-state index is 12.9. The molecule has 2 nitrogen and oxygen atoms in total. The van der Waals surface area contributed by atoms with Crippen LogP contribution in [0.5, 0.6) is 0 Å².